The maximum absolute atomic E-state index is 14.4. The summed E-state index contributed by atoms with van der Waals surface area (Å²) in [6.07, 6.45) is 0.0782. The molecule has 0 bridgehead atoms. The Morgan fingerprint density at radius 2 is 1.47 bits per heavy atom. The minimum atomic E-state index is -1.04. The second kappa shape index (κ2) is 23.5. The Morgan fingerprint density at radius 1 is 0.842 bits per heavy atom. The Bertz CT molecular complexity index is 1470. The third kappa shape index (κ3) is 13.3. The van der Waals surface area contributed by atoms with Crippen molar-refractivity contribution in [1.82, 2.24) is 14.7 Å². The molecule has 0 saturated carbocycles. The molecule has 0 aliphatic carbocycles. The number of rotatable bonds is 24. The fourth-order valence-corrected chi connectivity index (χ4v) is 8.50. The summed E-state index contributed by atoms with van der Waals surface area (Å²) >= 11 is 0. The van der Waals surface area contributed by atoms with E-state index in [1.165, 1.54) is 26.2 Å². The molecular formula is C44H71N3O10. The molecule has 9 atom stereocenters. The fraction of sp³-hybridized carbons (Fsp3) is 0.727. The number of nitrogens with zero attached hydrogens (tertiary/aromatic N) is 3. The predicted octanol–water partition coefficient (Wildman–Crippen LogP) is 6.15. The van der Waals surface area contributed by atoms with Gasteiger partial charge < -0.3 is 34.0 Å². The number of aliphatic carboxylic acids is 1. The standard InChI is InChI=1S/C44H71N3O10/c1-13-29(7)40(45(9)42(51)33(27(3)4)25-36(49)39(28(5)6)46(10)44(54)57-14-2)37(55-11)26-38(50)47-22-18-21-34(47)41(56-12)30(8)35(48)24-32(43(52)53)23-31-19-16-15-17-20-31/h15-17,19-20,27-30,32-34,37,39-41H,13-14,18,21-26H2,1-12H3,(H,52,53)/t29-,30-,32+,33-,34-,37+,39-,40-,41+/m0/s1. The van der Waals surface area contributed by atoms with Crippen LogP contribution in [0.25, 0.3) is 0 Å². The van der Waals surface area contributed by atoms with Gasteiger partial charge >= 0.3 is 12.1 Å². The van der Waals surface area contributed by atoms with Crippen LogP contribution in [0.2, 0.25) is 0 Å². The second-order valence-electron chi connectivity index (χ2n) is 16.5. The Kier molecular flexibility index (Phi) is 20.4. The lowest BCUT2D eigenvalue weighted by atomic mass is 9.83. The summed E-state index contributed by atoms with van der Waals surface area (Å²) in [6.45, 7) is 15.6. The van der Waals surface area contributed by atoms with Crippen molar-refractivity contribution in [3.05, 3.63) is 35.9 Å². The van der Waals surface area contributed by atoms with Crippen LogP contribution in [0.4, 0.5) is 4.79 Å². The van der Waals surface area contributed by atoms with Crippen molar-refractivity contribution in [2.24, 2.45) is 35.5 Å². The molecule has 57 heavy (non-hydrogen) atoms. The van der Waals surface area contributed by atoms with E-state index in [-0.39, 0.29) is 73.4 Å². The van der Waals surface area contributed by atoms with Crippen molar-refractivity contribution >= 4 is 35.4 Å². The molecule has 1 aromatic rings. The average Bonchev–Trinajstić information content (AvgIpc) is 3.66. The van der Waals surface area contributed by atoms with Crippen molar-refractivity contribution in [3.63, 3.8) is 0 Å². The van der Waals surface area contributed by atoms with E-state index in [1.807, 2.05) is 71.9 Å². The summed E-state index contributed by atoms with van der Waals surface area (Å²) in [6, 6.07) is 7.54. The van der Waals surface area contributed by atoms with Crippen molar-refractivity contribution in [3.8, 4) is 0 Å². The Labute approximate surface area is 341 Å². The molecule has 1 saturated heterocycles. The summed E-state index contributed by atoms with van der Waals surface area (Å²) < 4.78 is 17.1. The molecule has 1 fully saturated rings. The van der Waals surface area contributed by atoms with Crippen LogP contribution in [0.5, 0.6) is 0 Å². The van der Waals surface area contributed by atoms with Crippen LogP contribution in [-0.2, 0) is 44.6 Å². The quantitative estimate of drug-likeness (QED) is 0.128. The Balaban J connectivity index is 2.29. The maximum Gasteiger partial charge on any atom is 0.410 e. The van der Waals surface area contributed by atoms with E-state index in [4.69, 9.17) is 14.2 Å². The number of benzene rings is 1. The molecule has 1 N–H and O–H groups in total. The molecular weight excluding hydrogens is 730 g/mol. The van der Waals surface area contributed by atoms with E-state index >= 15 is 0 Å². The molecule has 3 amide bonds. The number of ether oxygens (including phenoxy) is 3. The lowest BCUT2D eigenvalue weighted by Crippen LogP contribution is -2.54. The third-order valence-electron chi connectivity index (χ3n) is 12.0. The van der Waals surface area contributed by atoms with Gasteiger partial charge in [-0.3, -0.25) is 24.0 Å². The molecule has 0 aromatic heterocycles. The molecule has 2 rings (SSSR count). The monoisotopic (exact) mass is 802 g/mol. The zero-order chi connectivity index (χ0) is 43.1. The number of likely N-dealkylation sites (tertiary alicyclic amines) is 1. The van der Waals surface area contributed by atoms with Crippen LogP contribution >= 0.6 is 0 Å². The fourth-order valence-electron chi connectivity index (χ4n) is 8.50. The van der Waals surface area contributed by atoms with Gasteiger partial charge in [0.1, 0.15) is 5.78 Å². The van der Waals surface area contributed by atoms with Crippen molar-refractivity contribution < 1.29 is 48.1 Å². The smallest absolute Gasteiger partial charge is 0.410 e. The third-order valence-corrected chi connectivity index (χ3v) is 12.0. The van der Waals surface area contributed by atoms with Crippen LogP contribution in [-0.4, -0.2) is 127 Å². The summed E-state index contributed by atoms with van der Waals surface area (Å²) in [4.78, 5) is 85.6. The molecule has 13 heteroatoms. The van der Waals surface area contributed by atoms with Gasteiger partial charge in [0.05, 0.1) is 49.3 Å². The summed E-state index contributed by atoms with van der Waals surface area (Å²) in [5.74, 6) is -4.65. The van der Waals surface area contributed by atoms with Crippen LogP contribution in [0.3, 0.4) is 0 Å². The topological polar surface area (TPSA) is 160 Å². The number of Topliss-reactive ketones (excluding diaryl/α,β-unsaturated/α-hetero) is 2. The molecule has 13 nitrogen and oxygen atoms in total. The molecule has 0 unspecified atom stereocenters. The van der Waals surface area contributed by atoms with Crippen LogP contribution < -0.4 is 0 Å². The normalized spacial score (nSPS) is 18.6. The van der Waals surface area contributed by atoms with Gasteiger partial charge in [0.2, 0.25) is 11.8 Å². The number of ketones is 2. The van der Waals surface area contributed by atoms with Crippen molar-refractivity contribution in [1.29, 1.82) is 0 Å². The molecule has 0 spiro atoms. The first kappa shape index (κ1) is 49.3. The van der Waals surface area contributed by atoms with Gasteiger partial charge in [-0.25, -0.2) is 4.79 Å². The first-order chi connectivity index (χ1) is 26.9. The number of methoxy groups -OCH3 is 2. The molecule has 322 valence electrons. The van der Waals surface area contributed by atoms with Gasteiger partial charge in [-0.05, 0) is 49.5 Å². The van der Waals surface area contributed by atoms with Crippen molar-refractivity contribution in [2.45, 2.75) is 131 Å². The minimum Gasteiger partial charge on any atom is -0.481 e. The van der Waals surface area contributed by atoms with Gasteiger partial charge in [0.25, 0.3) is 0 Å². The van der Waals surface area contributed by atoms with Gasteiger partial charge in [-0.15, -0.1) is 0 Å². The average molecular weight is 802 g/mol. The van der Waals surface area contributed by atoms with E-state index in [2.05, 4.69) is 0 Å². The number of hydrogen-bond acceptors (Lipinski definition) is 9. The van der Waals surface area contributed by atoms with E-state index in [0.717, 1.165) is 5.56 Å². The number of amides is 3. The highest BCUT2D eigenvalue weighted by Crippen LogP contribution is 2.32. The van der Waals surface area contributed by atoms with Crippen LogP contribution in [0.15, 0.2) is 30.3 Å². The second-order valence-corrected chi connectivity index (χ2v) is 16.5. The first-order valence-electron chi connectivity index (χ1n) is 20.7. The zero-order valence-corrected chi connectivity index (χ0v) is 36.6. The molecule has 1 aliphatic rings. The van der Waals surface area contributed by atoms with E-state index < -0.39 is 60.1 Å². The lowest BCUT2D eigenvalue weighted by Gasteiger charge is -2.41. The van der Waals surface area contributed by atoms with E-state index in [1.54, 1.807) is 30.7 Å². The largest absolute Gasteiger partial charge is 0.481 e. The molecule has 0 radical (unpaired) electrons. The number of carbonyl (C=O) groups excluding carboxylic acids is 5. The Morgan fingerprint density at radius 3 is 1.98 bits per heavy atom. The highest BCUT2D eigenvalue weighted by atomic mass is 16.6. The minimum absolute atomic E-state index is 0.0262. The van der Waals surface area contributed by atoms with Crippen molar-refractivity contribution in [2.75, 3.05) is 41.5 Å². The van der Waals surface area contributed by atoms with E-state index in [9.17, 15) is 33.9 Å². The number of carboxylic acids is 1. The molecule has 1 aliphatic heterocycles. The van der Waals surface area contributed by atoms with Gasteiger partial charge in [0, 0.05) is 59.5 Å². The van der Waals surface area contributed by atoms with Crippen LogP contribution in [0.1, 0.15) is 99.5 Å². The zero-order valence-electron chi connectivity index (χ0n) is 36.6. The Hall–Kier alpha value is -3.84. The molecule has 1 aromatic carbocycles. The number of hydrogen-bond donors (Lipinski definition) is 1. The van der Waals surface area contributed by atoms with Gasteiger partial charge in [-0.2, -0.15) is 0 Å². The summed E-state index contributed by atoms with van der Waals surface area (Å²) in [5.41, 5.74) is 0.837. The first-order valence-corrected chi connectivity index (χ1v) is 20.7. The number of carbonyl (C=O) groups is 6. The summed E-state index contributed by atoms with van der Waals surface area (Å²) in [5, 5.41) is 9.96. The van der Waals surface area contributed by atoms with Gasteiger partial charge in [-0.1, -0.05) is 85.2 Å². The van der Waals surface area contributed by atoms with Crippen LogP contribution in [0, 0.1) is 35.5 Å². The number of likely N-dealkylation sites (N-methyl/N-ethyl adjacent to an activating group) is 2. The molecule has 1 heterocycles. The predicted molar refractivity (Wildman–Crippen MR) is 218 cm³/mol. The lowest BCUT2D eigenvalue weighted by molar-refractivity contribution is -0.149. The summed E-state index contributed by atoms with van der Waals surface area (Å²) in [7, 11) is 6.29. The maximum atomic E-state index is 14.4. The number of carboxylic acid groups (broad SMARTS) is 1. The van der Waals surface area contributed by atoms with Gasteiger partial charge in [0.15, 0.2) is 5.78 Å². The van der Waals surface area contributed by atoms with E-state index in [0.29, 0.717) is 25.8 Å². The highest BCUT2D eigenvalue weighted by molar-refractivity contribution is 5.92. The SMILES string of the molecule is CCOC(=O)N(C)[C@H](C(=O)C[C@H](C(=O)N(C)[C@@H]([C@@H](C)CC)[C@@H](CC(=O)N1CCC[C@H]1[C@H](OC)[C@@H](C)C(=O)C[C@@H](Cc1ccccc1)C(=O)O)OC)C(C)C)C(C)C. The highest BCUT2D eigenvalue weighted by Gasteiger charge is 2.44.